The first-order valence-electron chi connectivity index (χ1n) is 5.49. The third kappa shape index (κ3) is 2.50. The van der Waals surface area contributed by atoms with Crippen LogP contribution in [0.1, 0.15) is 18.4 Å². The Bertz CT molecular complexity index is 376. The number of rotatable bonds is 3. The van der Waals surface area contributed by atoms with Crippen molar-refractivity contribution in [2.45, 2.75) is 25.3 Å². The van der Waals surface area contributed by atoms with Gasteiger partial charge in [-0.05, 0) is 59.4 Å². The highest BCUT2D eigenvalue weighted by molar-refractivity contribution is 9.10. The van der Waals surface area contributed by atoms with E-state index in [1.165, 1.54) is 12.8 Å². The van der Waals surface area contributed by atoms with E-state index >= 15 is 0 Å². The molecule has 0 saturated carbocycles. The molecule has 1 aliphatic rings. The Morgan fingerprint density at radius 1 is 1.56 bits per heavy atom. The quantitative estimate of drug-likeness (QED) is 0.897. The van der Waals surface area contributed by atoms with Crippen LogP contribution in [0, 0.1) is 0 Å². The summed E-state index contributed by atoms with van der Waals surface area (Å²) in [5.74, 6) is 1.10. The van der Waals surface area contributed by atoms with E-state index < -0.39 is 0 Å². The fraction of sp³-hybridized carbons (Fsp3) is 0.500. The molecule has 1 aromatic carbocycles. The molecule has 16 heavy (non-hydrogen) atoms. The van der Waals surface area contributed by atoms with E-state index in [0.717, 1.165) is 28.8 Å². The van der Waals surface area contributed by atoms with Crippen LogP contribution in [0.2, 0.25) is 0 Å². The molecular formula is C12H16BrNO2. The SMILES string of the molecule is COc1cc(CC2CCCN2)c(O)cc1Br. The molecular weight excluding hydrogens is 270 g/mol. The van der Waals surface area contributed by atoms with Gasteiger partial charge in [-0.25, -0.2) is 0 Å². The molecule has 1 fully saturated rings. The molecule has 0 spiro atoms. The second-order valence-corrected chi connectivity index (χ2v) is 4.97. The minimum absolute atomic E-state index is 0.335. The number of ether oxygens (including phenoxy) is 1. The number of phenolic OH excluding ortho intramolecular Hbond substituents is 1. The van der Waals surface area contributed by atoms with E-state index in [1.807, 2.05) is 6.07 Å². The third-order valence-electron chi connectivity index (χ3n) is 2.98. The lowest BCUT2D eigenvalue weighted by Gasteiger charge is -2.13. The van der Waals surface area contributed by atoms with E-state index in [1.54, 1.807) is 13.2 Å². The maximum Gasteiger partial charge on any atom is 0.133 e. The van der Waals surface area contributed by atoms with Gasteiger partial charge in [-0.15, -0.1) is 0 Å². The zero-order valence-corrected chi connectivity index (χ0v) is 10.9. The van der Waals surface area contributed by atoms with Crippen LogP contribution in [-0.2, 0) is 6.42 Å². The summed E-state index contributed by atoms with van der Waals surface area (Å²) in [6.07, 6.45) is 3.26. The highest BCUT2D eigenvalue weighted by Gasteiger charge is 2.17. The average Bonchev–Trinajstić information content (AvgIpc) is 2.75. The lowest BCUT2D eigenvalue weighted by molar-refractivity contribution is 0.407. The zero-order valence-electron chi connectivity index (χ0n) is 9.29. The van der Waals surface area contributed by atoms with Gasteiger partial charge in [-0.2, -0.15) is 0 Å². The van der Waals surface area contributed by atoms with Crippen molar-refractivity contribution < 1.29 is 9.84 Å². The lowest BCUT2D eigenvalue weighted by Crippen LogP contribution is -2.23. The Morgan fingerprint density at radius 3 is 3.00 bits per heavy atom. The maximum atomic E-state index is 9.86. The summed E-state index contributed by atoms with van der Waals surface area (Å²) in [7, 11) is 1.63. The van der Waals surface area contributed by atoms with Gasteiger partial charge < -0.3 is 15.2 Å². The van der Waals surface area contributed by atoms with Crippen LogP contribution in [0.25, 0.3) is 0 Å². The highest BCUT2D eigenvalue weighted by Crippen LogP contribution is 2.33. The van der Waals surface area contributed by atoms with Crippen LogP contribution in [0.3, 0.4) is 0 Å². The fourth-order valence-electron chi connectivity index (χ4n) is 2.10. The van der Waals surface area contributed by atoms with Crippen LogP contribution >= 0.6 is 15.9 Å². The summed E-state index contributed by atoms with van der Waals surface area (Å²) < 4.78 is 6.01. The van der Waals surface area contributed by atoms with E-state index in [4.69, 9.17) is 4.74 Å². The minimum Gasteiger partial charge on any atom is -0.508 e. The molecule has 4 heteroatoms. The molecule has 0 bridgehead atoms. The predicted octanol–water partition coefficient (Wildman–Crippen LogP) is 2.46. The molecule has 2 rings (SSSR count). The molecule has 1 unspecified atom stereocenters. The number of aromatic hydroxyl groups is 1. The zero-order chi connectivity index (χ0) is 11.5. The van der Waals surface area contributed by atoms with Crippen molar-refractivity contribution in [3.05, 3.63) is 22.2 Å². The minimum atomic E-state index is 0.335. The summed E-state index contributed by atoms with van der Waals surface area (Å²) in [5.41, 5.74) is 0.944. The smallest absolute Gasteiger partial charge is 0.133 e. The van der Waals surface area contributed by atoms with Gasteiger partial charge in [0.2, 0.25) is 0 Å². The van der Waals surface area contributed by atoms with Crippen molar-refractivity contribution >= 4 is 15.9 Å². The molecule has 1 aromatic rings. The van der Waals surface area contributed by atoms with Crippen LogP contribution in [-0.4, -0.2) is 24.8 Å². The summed E-state index contributed by atoms with van der Waals surface area (Å²) in [6.45, 7) is 1.08. The Labute approximate surface area is 104 Å². The van der Waals surface area contributed by atoms with Gasteiger partial charge >= 0.3 is 0 Å². The third-order valence-corrected chi connectivity index (χ3v) is 3.60. The monoisotopic (exact) mass is 285 g/mol. The van der Waals surface area contributed by atoms with Gasteiger partial charge in [0.25, 0.3) is 0 Å². The summed E-state index contributed by atoms with van der Waals surface area (Å²) >= 11 is 3.35. The number of hydrogen-bond donors (Lipinski definition) is 2. The van der Waals surface area contributed by atoms with Gasteiger partial charge in [0.05, 0.1) is 11.6 Å². The van der Waals surface area contributed by atoms with Crippen LogP contribution in [0.15, 0.2) is 16.6 Å². The Morgan fingerprint density at radius 2 is 2.38 bits per heavy atom. The molecule has 1 atom stereocenters. The summed E-state index contributed by atoms with van der Waals surface area (Å²) in [4.78, 5) is 0. The molecule has 0 aliphatic carbocycles. The molecule has 1 saturated heterocycles. The molecule has 0 radical (unpaired) electrons. The van der Waals surface area contributed by atoms with Crippen molar-refractivity contribution in [2.24, 2.45) is 0 Å². The van der Waals surface area contributed by atoms with Crippen LogP contribution < -0.4 is 10.1 Å². The van der Waals surface area contributed by atoms with Gasteiger partial charge in [-0.3, -0.25) is 0 Å². The van der Waals surface area contributed by atoms with Crippen molar-refractivity contribution in [3.8, 4) is 11.5 Å². The first-order valence-corrected chi connectivity index (χ1v) is 6.28. The molecule has 88 valence electrons. The standard InChI is InChI=1S/C12H16BrNO2/c1-16-12-6-8(11(15)7-10(12)13)5-9-3-2-4-14-9/h6-7,9,14-15H,2-5H2,1H3. The van der Waals surface area contributed by atoms with E-state index in [2.05, 4.69) is 21.2 Å². The number of halogens is 1. The molecule has 2 N–H and O–H groups in total. The largest absolute Gasteiger partial charge is 0.508 e. The van der Waals surface area contributed by atoms with Gasteiger partial charge in [-0.1, -0.05) is 0 Å². The molecule has 0 amide bonds. The Kier molecular flexibility index (Phi) is 3.71. The van der Waals surface area contributed by atoms with Crippen LogP contribution in [0.4, 0.5) is 0 Å². The van der Waals surface area contributed by atoms with Gasteiger partial charge in [0.1, 0.15) is 11.5 Å². The Hall–Kier alpha value is -0.740. The molecule has 0 aromatic heterocycles. The van der Waals surface area contributed by atoms with Gasteiger partial charge in [0, 0.05) is 6.04 Å². The number of benzene rings is 1. The van der Waals surface area contributed by atoms with Gasteiger partial charge in [0.15, 0.2) is 0 Å². The normalized spacial score (nSPS) is 20.0. The van der Waals surface area contributed by atoms with Crippen molar-refractivity contribution in [2.75, 3.05) is 13.7 Å². The van der Waals surface area contributed by atoms with E-state index in [9.17, 15) is 5.11 Å². The summed E-state index contributed by atoms with van der Waals surface area (Å²) in [5, 5.41) is 13.3. The topological polar surface area (TPSA) is 41.5 Å². The molecule has 1 aliphatic heterocycles. The Balaban J connectivity index is 2.18. The number of phenols is 1. The van der Waals surface area contributed by atoms with E-state index in [0.29, 0.717) is 11.8 Å². The second-order valence-electron chi connectivity index (χ2n) is 4.11. The first-order chi connectivity index (χ1) is 7.70. The molecule has 3 nitrogen and oxygen atoms in total. The highest BCUT2D eigenvalue weighted by atomic mass is 79.9. The first kappa shape index (κ1) is 11.7. The van der Waals surface area contributed by atoms with Crippen molar-refractivity contribution in [1.29, 1.82) is 0 Å². The fourth-order valence-corrected chi connectivity index (χ4v) is 2.59. The molecule has 1 heterocycles. The summed E-state index contributed by atoms with van der Waals surface area (Å²) in [6, 6.07) is 4.08. The lowest BCUT2D eigenvalue weighted by atomic mass is 10.0. The second kappa shape index (κ2) is 5.06. The maximum absolute atomic E-state index is 9.86. The van der Waals surface area contributed by atoms with E-state index in [-0.39, 0.29) is 0 Å². The average molecular weight is 286 g/mol. The predicted molar refractivity (Wildman–Crippen MR) is 67.1 cm³/mol. The van der Waals surface area contributed by atoms with Crippen molar-refractivity contribution in [1.82, 2.24) is 5.32 Å². The number of methoxy groups -OCH3 is 1. The number of nitrogens with one attached hydrogen (secondary N) is 1. The van der Waals surface area contributed by atoms with Crippen LogP contribution in [0.5, 0.6) is 11.5 Å². The van der Waals surface area contributed by atoms with Crippen molar-refractivity contribution in [3.63, 3.8) is 0 Å². The number of hydrogen-bond acceptors (Lipinski definition) is 3.